The lowest BCUT2D eigenvalue weighted by molar-refractivity contribution is 0.0697. The number of nitrogens with zero attached hydrogens (tertiary/aromatic N) is 1. The van der Waals surface area contributed by atoms with E-state index in [0.29, 0.717) is 11.5 Å². The number of aromatic carboxylic acids is 1. The van der Waals surface area contributed by atoms with E-state index in [1.165, 1.54) is 20.0 Å². The van der Waals surface area contributed by atoms with E-state index in [4.69, 9.17) is 9.47 Å². The number of hydrogen-bond donors (Lipinski definition) is 1. The Morgan fingerprint density at radius 3 is 2.10 bits per heavy atom. The molecule has 0 radical (unpaired) electrons. The average Bonchev–Trinajstić information content (AvgIpc) is 2.74. The fourth-order valence-electron chi connectivity index (χ4n) is 2.61. The molecule has 0 saturated carbocycles. The predicted octanol–water partition coefficient (Wildman–Crippen LogP) is 2.78. The second-order valence-corrected chi connectivity index (χ2v) is 4.93. The maximum absolute atomic E-state index is 11.5. The SMILES string of the molecule is COc1cc(C(=O)O)c(N2CCCCCC2)cc1OC. The van der Waals surface area contributed by atoms with Gasteiger partial charge < -0.3 is 19.5 Å². The number of benzene rings is 1. The predicted molar refractivity (Wildman–Crippen MR) is 77.2 cm³/mol. The van der Waals surface area contributed by atoms with Crippen molar-refractivity contribution >= 4 is 11.7 Å². The fraction of sp³-hybridized carbons (Fsp3) is 0.533. The van der Waals surface area contributed by atoms with Gasteiger partial charge in [-0.15, -0.1) is 0 Å². The summed E-state index contributed by atoms with van der Waals surface area (Å²) in [5.74, 6) is 0.0745. The molecule has 0 amide bonds. The largest absolute Gasteiger partial charge is 0.493 e. The average molecular weight is 279 g/mol. The van der Waals surface area contributed by atoms with Gasteiger partial charge in [0.15, 0.2) is 11.5 Å². The molecule has 0 aliphatic carbocycles. The van der Waals surface area contributed by atoms with Gasteiger partial charge in [-0.25, -0.2) is 4.79 Å². The standard InChI is InChI=1S/C15H21NO4/c1-19-13-9-11(15(17)18)12(10-14(13)20-2)16-7-5-3-4-6-8-16/h9-10H,3-8H2,1-2H3,(H,17,18). The van der Waals surface area contributed by atoms with Crippen molar-refractivity contribution in [1.82, 2.24) is 0 Å². The molecule has 1 aliphatic heterocycles. The van der Waals surface area contributed by atoms with Crippen LogP contribution in [0.1, 0.15) is 36.0 Å². The number of hydrogen-bond acceptors (Lipinski definition) is 4. The fourth-order valence-corrected chi connectivity index (χ4v) is 2.61. The van der Waals surface area contributed by atoms with Gasteiger partial charge in [-0.1, -0.05) is 12.8 Å². The first-order chi connectivity index (χ1) is 9.67. The Kier molecular flexibility index (Phi) is 4.71. The Morgan fingerprint density at radius 1 is 1.05 bits per heavy atom. The summed E-state index contributed by atoms with van der Waals surface area (Å²) in [4.78, 5) is 13.6. The molecule has 1 aromatic rings. The van der Waals surface area contributed by atoms with Crippen LogP contribution in [0.3, 0.4) is 0 Å². The van der Waals surface area contributed by atoms with Gasteiger partial charge in [-0.3, -0.25) is 0 Å². The summed E-state index contributed by atoms with van der Waals surface area (Å²) in [6.07, 6.45) is 4.58. The van der Waals surface area contributed by atoms with Gasteiger partial charge in [-0.2, -0.15) is 0 Å². The molecule has 0 spiro atoms. The third kappa shape index (κ3) is 2.98. The number of anilines is 1. The number of ether oxygens (including phenoxy) is 2. The van der Waals surface area contributed by atoms with E-state index in [1.807, 2.05) is 0 Å². The quantitative estimate of drug-likeness (QED) is 0.918. The molecule has 110 valence electrons. The lowest BCUT2D eigenvalue weighted by Crippen LogP contribution is -2.26. The van der Waals surface area contributed by atoms with Crippen molar-refractivity contribution < 1.29 is 19.4 Å². The van der Waals surface area contributed by atoms with Crippen molar-refractivity contribution in [2.45, 2.75) is 25.7 Å². The van der Waals surface area contributed by atoms with Gasteiger partial charge in [0.25, 0.3) is 0 Å². The first kappa shape index (κ1) is 14.5. The van der Waals surface area contributed by atoms with E-state index in [-0.39, 0.29) is 5.56 Å². The Hall–Kier alpha value is -1.91. The molecule has 1 aromatic carbocycles. The Bertz CT molecular complexity index is 479. The van der Waals surface area contributed by atoms with Gasteiger partial charge in [-0.05, 0) is 12.8 Å². The van der Waals surface area contributed by atoms with Crippen molar-refractivity contribution in [2.75, 3.05) is 32.2 Å². The van der Waals surface area contributed by atoms with Crippen molar-refractivity contribution in [3.8, 4) is 11.5 Å². The summed E-state index contributed by atoms with van der Waals surface area (Å²) in [6, 6.07) is 3.31. The summed E-state index contributed by atoms with van der Waals surface area (Å²) < 4.78 is 10.5. The normalized spacial score (nSPS) is 15.6. The van der Waals surface area contributed by atoms with E-state index in [0.717, 1.165) is 31.6 Å². The molecule has 0 aromatic heterocycles. The Morgan fingerprint density at radius 2 is 1.60 bits per heavy atom. The highest BCUT2D eigenvalue weighted by Gasteiger charge is 2.21. The highest BCUT2D eigenvalue weighted by atomic mass is 16.5. The molecule has 5 nitrogen and oxygen atoms in total. The molecule has 1 fully saturated rings. The molecular weight excluding hydrogens is 258 g/mol. The van der Waals surface area contributed by atoms with E-state index in [2.05, 4.69) is 4.90 Å². The zero-order valence-corrected chi connectivity index (χ0v) is 12.0. The van der Waals surface area contributed by atoms with Gasteiger partial charge in [0, 0.05) is 25.2 Å². The Labute approximate surface area is 119 Å². The zero-order chi connectivity index (χ0) is 14.5. The van der Waals surface area contributed by atoms with E-state index < -0.39 is 5.97 Å². The third-order valence-electron chi connectivity index (χ3n) is 3.68. The van der Waals surface area contributed by atoms with Gasteiger partial charge >= 0.3 is 5.97 Å². The number of methoxy groups -OCH3 is 2. The summed E-state index contributed by atoms with van der Waals surface area (Å²) in [7, 11) is 3.07. The van der Waals surface area contributed by atoms with Gasteiger partial charge in [0.05, 0.1) is 25.5 Å². The molecular formula is C15H21NO4. The molecule has 1 N–H and O–H groups in total. The van der Waals surface area contributed by atoms with Gasteiger partial charge in [0.2, 0.25) is 0 Å². The lowest BCUT2D eigenvalue weighted by Gasteiger charge is -2.25. The molecule has 1 heterocycles. The number of rotatable bonds is 4. The molecule has 0 bridgehead atoms. The van der Waals surface area contributed by atoms with Crippen LogP contribution in [-0.4, -0.2) is 38.4 Å². The van der Waals surface area contributed by atoms with Crippen LogP contribution in [0.2, 0.25) is 0 Å². The number of carbonyl (C=O) groups is 1. The van der Waals surface area contributed by atoms with Crippen molar-refractivity contribution in [3.63, 3.8) is 0 Å². The monoisotopic (exact) mass is 279 g/mol. The highest BCUT2D eigenvalue weighted by Crippen LogP contribution is 2.36. The van der Waals surface area contributed by atoms with Crippen LogP contribution in [0.5, 0.6) is 11.5 Å². The zero-order valence-electron chi connectivity index (χ0n) is 12.0. The summed E-state index contributed by atoms with van der Waals surface area (Å²) in [6.45, 7) is 1.77. The minimum absolute atomic E-state index is 0.268. The van der Waals surface area contributed by atoms with Crippen molar-refractivity contribution in [3.05, 3.63) is 17.7 Å². The number of carboxylic acid groups (broad SMARTS) is 1. The summed E-state index contributed by atoms with van der Waals surface area (Å²) in [5, 5.41) is 9.43. The molecule has 1 aliphatic rings. The van der Waals surface area contributed by atoms with Crippen molar-refractivity contribution in [2.24, 2.45) is 0 Å². The molecule has 0 atom stereocenters. The van der Waals surface area contributed by atoms with Crippen LogP contribution >= 0.6 is 0 Å². The van der Waals surface area contributed by atoms with Crippen LogP contribution in [-0.2, 0) is 0 Å². The molecule has 1 saturated heterocycles. The minimum Gasteiger partial charge on any atom is -0.493 e. The second kappa shape index (κ2) is 6.50. The van der Waals surface area contributed by atoms with Crippen molar-refractivity contribution in [1.29, 1.82) is 0 Å². The first-order valence-corrected chi connectivity index (χ1v) is 6.91. The smallest absolute Gasteiger partial charge is 0.337 e. The van der Waals surface area contributed by atoms with Crippen LogP contribution < -0.4 is 14.4 Å². The van der Waals surface area contributed by atoms with Gasteiger partial charge in [0.1, 0.15) is 0 Å². The van der Waals surface area contributed by atoms with Crippen LogP contribution in [0.25, 0.3) is 0 Å². The molecule has 0 unspecified atom stereocenters. The van der Waals surface area contributed by atoms with E-state index in [1.54, 1.807) is 19.2 Å². The minimum atomic E-state index is -0.940. The van der Waals surface area contributed by atoms with E-state index >= 15 is 0 Å². The molecule has 2 rings (SSSR count). The Balaban J connectivity index is 2.45. The maximum atomic E-state index is 11.5. The summed E-state index contributed by atoms with van der Waals surface area (Å²) >= 11 is 0. The van der Waals surface area contributed by atoms with Crippen LogP contribution in [0.4, 0.5) is 5.69 Å². The van der Waals surface area contributed by atoms with E-state index in [9.17, 15) is 9.90 Å². The first-order valence-electron chi connectivity index (χ1n) is 6.91. The topological polar surface area (TPSA) is 59.0 Å². The molecule has 20 heavy (non-hydrogen) atoms. The molecule has 5 heteroatoms. The highest BCUT2D eigenvalue weighted by molar-refractivity contribution is 5.95. The third-order valence-corrected chi connectivity index (χ3v) is 3.68. The second-order valence-electron chi connectivity index (χ2n) is 4.93. The summed E-state index contributed by atoms with van der Waals surface area (Å²) in [5.41, 5.74) is 0.988. The maximum Gasteiger partial charge on any atom is 0.337 e. The van der Waals surface area contributed by atoms with Crippen LogP contribution in [0.15, 0.2) is 12.1 Å². The number of carboxylic acids is 1. The van der Waals surface area contributed by atoms with Crippen LogP contribution in [0, 0.1) is 0 Å². The lowest BCUT2D eigenvalue weighted by atomic mass is 10.1.